The van der Waals surface area contributed by atoms with Crippen LogP contribution in [0.2, 0.25) is 0 Å². The molecule has 15 nitrogen and oxygen atoms in total. The number of amides is 2. The minimum absolute atomic E-state index is 0.0866. The molecule has 0 aromatic heterocycles. The summed E-state index contributed by atoms with van der Waals surface area (Å²) in [4.78, 5) is 48.9. The van der Waals surface area contributed by atoms with Crippen molar-refractivity contribution < 1.29 is 49.8 Å². The first-order valence-electron chi connectivity index (χ1n) is 11.1. The van der Waals surface area contributed by atoms with E-state index in [1.807, 2.05) is 0 Å². The van der Waals surface area contributed by atoms with Gasteiger partial charge in [-0.05, 0) is 12.8 Å². The van der Waals surface area contributed by atoms with Crippen LogP contribution in [0, 0.1) is 11.8 Å². The van der Waals surface area contributed by atoms with E-state index in [2.05, 4.69) is 26.6 Å². The molecule has 0 saturated heterocycles. The largest absolute Gasteiger partial charge is 0.480 e. The highest BCUT2D eigenvalue weighted by atomic mass is 16.4. The van der Waals surface area contributed by atoms with Crippen molar-refractivity contribution >= 4 is 23.8 Å². The van der Waals surface area contributed by atoms with Gasteiger partial charge < -0.3 is 51.9 Å². The van der Waals surface area contributed by atoms with Crippen LogP contribution >= 0.6 is 0 Å². The fourth-order valence-electron chi connectivity index (χ4n) is 3.76. The third-order valence-electron chi connectivity index (χ3n) is 5.49. The fraction of sp³-hybridized carbons (Fsp3) is 0.800. The molecule has 204 valence electrons. The normalized spacial score (nSPS) is 16.4. The summed E-state index contributed by atoms with van der Waals surface area (Å²) >= 11 is 0. The number of rotatable bonds is 20. The van der Waals surface area contributed by atoms with Crippen LogP contribution in [0.25, 0.3) is 0 Å². The monoisotopic (exact) mass is 509 g/mol. The van der Waals surface area contributed by atoms with Gasteiger partial charge >= 0.3 is 11.9 Å². The van der Waals surface area contributed by atoms with Crippen molar-refractivity contribution in [1.29, 1.82) is 0 Å². The molecule has 15 heteroatoms. The van der Waals surface area contributed by atoms with Crippen LogP contribution in [0.15, 0.2) is 0 Å². The summed E-state index contributed by atoms with van der Waals surface area (Å²) < 4.78 is 0. The molecule has 4 atom stereocenters. The number of carboxylic acid groups (broad SMARTS) is 2. The van der Waals surface area contributed by atoms with Crippen LogP contribution in [0.5, 0.6) is 0 Å². The highest BCUT2D eigenvalue weighted by molar-refractivity contribution is 5.95. The van der Waals surface area contributed by atoms with E-state index in [-0.39, 0.29) is 19.6 Å². The molecule has 2 amide bonds. The summed E-state index contributed by atoms with van der Waals surface area (Å²) in [5.74, 6) is -7.43. The zero-order valence-corrected chi connectivity index (χ0v) is 20.0. The lowest BCUT2D eigenvalue weighted by Crippen LogP contribution is -2.69. The van der Waals surface area contributed by atoms with Gasteiger partial charge in [-0.2, -0.15) is 0 Å². The number of aliphatic hydroxyl groups is 4. The molecule has 0 radical (unpaired) electrons. The third kappa shape index (κ3) is 10.4. The molecule has 35 heavy (non-hydrogen) atoms. The van der Waals surface area contributed by atoms with Crippen molar-refractivity contribution in [3.63, 3.8) is 0 Å². The number of hydrogen-bond donors (Lipinski definition) is 11. The molecule has 0 fully saturated rings. The minimum Gasteiger partial charge on any atom is -0.480 e. The predicted octanol–water partition coefficient (Wildman–Crippen LogP) is -5.13. The predicted molar refractivity (Wildman–Crippen MR) is 122 cm³/mol. The summed E-state index contributed by atoms with van der Waals surface area (Å²) in [6, 6.07) is 0. The second-order valence-corrected chi connectivity index (χ2v) is 7.90. The van der Waals surface area contributed by atoms with Crippen molar-refractivity contribution in [3.8, 4) is 0 Å². The van der Waals surface area contributed by atoms with E-state index in [4.69, 9.17) is 5.11 Å². The molecule has 4 unspecified atom stereocenters. The van der Waals surface area contributed by atoms with E-state index in [0.717, 1.165) is 0 Å². The summed E-state index contributed by atoms with van der Waals surface area (Å²) in [5.41, 5.74) is -2.35. The molecule has 0 spiro atoms. The van der Waals surface area contributed by atoms with Crippen LogP contribution in [-0.4, -0.2) is 132 Å². The summed E-state index contributed by atoms with van der Waals surface area (Å²) in [5, 5.41) is 70.7. The van der Waals surface area contributed by atoms with Gasteiger partial charge in [0.2, 0.25) is 11.8 Å². The molecule has 0 heterocycles. The van der Waals surface area contributed by atoms with Crippen molar-refractivity contribution in [2.45, 2.75) is 30.6 Å². The van der Waals surface area contributed by atoms with E-state index in [9.17, 15) is 44.7 Å². The first kappa shape index (κ1) is 32.6. The SMILES string of the molecule is CNC(=O)C(CC(O)CO)C(NCCNCCNCC(=O)O)(C(=O)O)C(CC(O)CO)C(=O)NC. The Bertz CT molecular complexity index is 649. The van der Waals surface area contributed by atoms with Crippen LogP contribution in [0.3, 0.4) is 0 Å². The highest BCUT2D eigenvalue weighted by Crippen LogP contribution is 2.34. The van der Waals surface area contributed by atoms with Gasteiger partial charge in [-0.3, -0.25) is 24.5 Å². The summed E-state index contributed by atoms with van der Waals surface area (Å²) in [6.07, 6.45) is -4.01. The van der Waals surface area contributed by atoms with Crippen molar-refractivity contribution in [1.82, 2.24) is 26.6 Å². The topological polar surface area (TPSA) is 250 Å². The zero-order valence-electron chi connectivity index (χ0n) is 20.0. The number of nitrogens with one attached hydrogen (secondary N) is 5. The Labute approximate surface area is 203 Å². The number of hydrogen-bond acceptors (Lipinski definition) is 11. The van der Waals surface area contributed by atoms with Gasteiger partial charge in [0.25, 0.3) is 0 Å². The summed E-state index contributed by atoms with van der Waals surface area (Å²) in [6.45, 7) is -1.06. The Balaban J connectivity index is 6.09. The van der Waals surface area contributed by atoms with Crippen molar-refractivity contribution in [2.75, 3.05) is 60.0 Å². The lowest BCUT2D eigenvalue weighted by molar-refractivity contribution is -0.160. The van der Waals surface area contributed by atoms with Gasteiger partial charge in [0.1, 0.15) is 5.54 Å². The van der Waals surface area contributed by atoms with E-state index in [1.54, 1.807) is 0 Å². The van der Waals surface area contributed by atoms with E-state index >= 15 is 0 Å². The van der Waals surface area contributed by atoms with Crippen LogP contribution in [0.4, 0.5) is 0 Å². The van der Waals surface area contributed by atoms with E-state index < -0.39 is 79.4 Å². The number of aliphatic hydroxyl groups excluding tert-OH is 4. The van der Waals surface area contributed by atoms with E-state index in [0.29, 0.717) is 13.1 Å². The van der Waals surface area contributed by atoms with Gasteiger partial charge in [-0.1, -0.05) is 0 Å². The summed E-state index contributed by atoms with van der Waals surface area (Å²) in [7, 11) is 2.49. The molecule has 0 aliphatic carbocycles. The molecule has 0 aliphatic rings. The number of carbonyl (C=O) groups excluding carboxylic acids is 2. The lowest BCUT2D eigenvalue weighted by atomic mass is 9.68. The molecule has 0 bridgehead atoms. The smallest absolute Gasteiger partial charge is 0.325 e. The minimum atomic E-state index is -2.35. The van der Waals surface area contributed by atoms with Crippen LogP contribution < -0.4 is 26.6 Å². The second-order valence-electron chi connectivity index (χ2n) is 7.90. The average Bonchev–Trinajstić information content (AvgIpc) is 2.83. The Morgan fingerprint density at radius 1 is 0.743 bits per heavy atom. The third-order valence-corrected chi connectivity index (χ3v) is 5.49. The Morgan fingerprint density at radius 2 is 1.17 bits per heavy atom. The Kier molecular flexibility index (Phi) is 15.9. The molecule has 11 N–H and O–H groups in total. The molecule has 0 aromatic rings. The first-order valence-corrected chi connectivity index (χ1v) is 11.1. The molecule has 0 saturated carbocycles. The number of aliphatic carboxylic acids is 2. The van der Waals surface area contributed by atoms with Gasteiger partial charge in [0.15, 0.2) is 0 Å². The van der Waals surface area contributed by atoms with Crippen LogP contribution in [0.1, 0.15) is 12.8 Å². The van der Waals surface area contributed by atoms with Gasteiger partial charge in [0, 0.05) is 40.3 Å². The molecular formula is C20H39N5O10. The Hall–Kier alpha value is -2.40. The maximum Gasteiger partial charge on any atom is 0.325 e. The van der Waals surface area contributed by atoms with Gasteiger partial charge in [0.05, 0.1) is 43.8 Å². The maximum atomic E-state index is 12.8. The van der Waals surface area contributed by atoms with Gasteiger partial charge in [-0.25, -0.2) is 0 Å². The maximum absolute atomic E-state index is 12.8. The van der Waals surface area contributed by atoms with Crippen molar-refractivity contribution in [2.24, 2.45) is 11.8 Å². The van der Waals surface area contributed by atoms with Gasteiger partial charge in [-0.15, -0.1) is 0 Å². The number of carboxylic acids is 2. The zero-order chi connectivity index (χ0) is 27.0. The Morgan fingerprint density at radius 3 is 1.54 bits per heavy atom. The molecular weight excluding hydrogens is 470 g/mol. The lowest BCUT2D eigenvalue weighted by Gasteiger charge is -2.43. The number of carbonyl (C=O) groups is 4. The van der Waals surface area contributed by atoms with Crippen molar-refractivity contribution in [3.05, 3.63) is 0 Å². The molecule has 0 rings (SSSR count). The fourth-order valence-corrected chi connectivity index (χ4v) is 3.76. The van der Waals surface area contributed by atoms with E-state index in [1.165, 1.54) is 14.1 Å². The van der Waals surface area contributed by atoms with Crippen LogP contribution in [-0.2, 0) is 19.2 Å². The second kappa shape index (κ2) is 17.1. The molecule has 0 aromatic carbocycles. The average molecular weight is 510 g/mol. The standard InChI is InChI=1S/C20H39N5O10/c1-21-17(32)14(7-12(28)10-26)20(19(34)35,15(18(33)22-2)8-13(29)11-27)25-6-5-23-3-4-24-9-16(30)31/h12-15,23-29H,3-11H2,1-2H3,(H,21,32)(H,22,33)(H,30,31)(H,34,35). The molecule has 0 aliphatic heterocycles. The highest BCUT2D eigenvalue weighted by Gasteiger charge is 2.57. The first-order chi connectivity index (χ1) is 16.5. The quantitative estimate of drug-likeness (QED) is 0.0688.